The number of hydrogen-bond acceptors (Lipinski definition) is 7. The molecule has 2 saturated heterocycles. The van der Waals surface area contributed by atoms with Gasteiger partial charge < -0.3 is 19.1 Å². The molecule has 2 atom stereocenters. The Morgan fingerprint density at radius 3 is 2.67 bits per heavy atom. The third-order valence-electron chi connectivity index (χ3n) is 5.24. The molecule has 5 rings (SSSR count). The third-order valence-corrected chi connectivity index (χ3v) is 8.44. The highest BCUT2D eigenvalue weighted by atomic mass is 32.2. The molecule has 3 aliphatic heterocycles. The molecule has 0 N–H and O–H groups in total. The zero-order valence-corrected chi connectivity index (χ0v) is 17.6. The number of carbonyl (C=O) groups is 1. The van der Waals surface area contributed by atoms with E-state index in [9.17, 15) is 13.2 Å². The van der Waals surface area contributed by atoms with Crippen LogP contribution in [0.1, 0.15) is 10.4 Å². The van der Waals surface area contributed by atoms with E-state index in [1.54, 1.807) is 43.5 Å². The molecule has 156 valence electrons. The van der Waals surface area contributed by atoms with Gasteiger partial charge in [0, 0.05) is 22.6 Å². The Morgan fingerprint density at radius 2 is 1.90 bits per heavy atom. The van der Waals surface area contributed by atoms with Gasteiger partial charge in [0.15, 0.2) is 26.5 Å². The fourth-order valence-corrected chi connectivity index (χ4v) is 7.70. The Hall–Kier alpha value is -2.72. The Bertz CT molecular complexity index is 1150. The summed E-state index contributed by atoms with van der Waals surface area (Å²) in [6.07, 6.45) is 0. The first-order valence-corrected chi connectivity index (χ1v) is 12.0. The molecule has 0 aromatic heterocycles. The first-order valence-electron chi connectivity index (χ1n) is 9.26. The van der Waals surface area contributed by atoms with Crippen molar-refractivity contribution in [1.82, 2.24) is 0 Å². The van der Waals surface area contributed by atoms with E-state index in [4.69, 9.17) is 14.2 Å². The van der Waals surface area contributed by atoms with Crippen LogP contribution in [0.2, 0.25) is 0 Å². The highest BCUT2D eigenvalue weighted by molar-refractivity contribution is 8.16. The predicted molar refractivity (Wildman–Crippen MR) is 114 cm³/mol. The van der Waals surface area contributed by atoms with E-state index >= 15 is 0 Å². The molecule has 3 heterocycles. The summed E-state index contributed by atoms with van der Waals surface area (Å²) in [6.45, 7) is 0.144. The van der Waals surface area contributed by atoms with Crippen LogP contribution in [-0.4, -0.2) is 56.2 Å². The molecule has 0 unspecified atom stereocenters. The van der Waals surface area contributed by atoms with Gasteiger partial charge in [-0.2, -0.15) is 4.99 Å². The summed E-state index contributed by atoms with van der Waals surface area (Å²) in [5.74, 6) is 1.56. The maximum atomic E-state index is 12.8. The van der Waals surface area contributed by atoms with Crippen LogP contribution in [-0.2, 0) is 9.84 Å². The van der Waals surface area contributed by atoms with Gasteiger partial charge in [0.2, 0.25) is 6.79 Å². The SMILES string of the molecule is COc1ccc(C(=O)N=C2S[C@@H]3CS(=O)(=O)C[C@H]3N2c2ccc3c(c2)OCO3)cc1. The van der Waals surface area contributed by atoms with Crippen molar-refractivity contribution in [2.45, 2.75) is 11.3 Å². The lowest BCUT2D eigenvalue weighted by molar-refractivity contribution is 0.100. The molecule has 2 fully saturated rings. The fraction of sp³-hybridized carbons (Fsp3) is 0.300. The van der Waals surface area contributed by atoms with E-state index in [0.29, 0.717) is 28.0 Å². The smallest absolute Gasteiger partial charge is 0.279 e. The van der Waals surface area contributed by atoms with Crippen LogP contribution in [0.3, 0.4) is 0 Å². The predicted octanol–water partition coefficient (Wildman–Crippen LogP) is 2.34. The lowest BCUT2D eigenvalue weighted by Crippen LogP contribution is -2.37. The van der Waals surface area contributed by atoms with E-state index in [1.807, 2.05) is 11.0 Å². The number of hydrogen-bond donors (Lipinski definition) is 0. The summed E-state index contributed by atoms with van der Waals surface area (Å²) >= 11 is 1.33. The third kappa shape index (κ3) is 3.39. The highest BCUT2D eigenvalue weighted by Gasteiger charge is 2.49. The van der Waals surface area contributed by atoms with Crippen LogP contribution in [0.5, 0.6) is 17.2 Å². The number of sulfone groups is 1. The number of methoxy groups -OCH3 is 1. The summed E-state index contributed by atoms with van der Waals surface area (Å²) in [5, 5.41) is 0.308. The minimum absolute atomic E-state index is 0.0227. The van der Waals surface area contributed by atoms with E-state index < -0.39 is 15.7 Å². The number of benzene rings is 2. The molecular formula is C20H18N2O6S2. The van der Waals surface area contributed by atoms with Gasteiger partial charge >= 0.3 is 0 Å². The molecule has 1 amide bonds. The number of thioether (sulfide) groups is 1. The molecule has 2 aromatic carbocycles. The Balaban J connectivity index is 1.51. The van der Waals surface area contributed by atoms with Crippen molar-refractivity contribution in [1.29, 1.82) is 0 Å². The second-order valence-electron chi connectivity index (χ2n) is 7.14. The molecule has 0 bridgehead atoms. The summed E-state index contributed by atoms with van der Waals surface area (Å²) in [5.41, 5.74) is 1.15. The van der Waals surface area contributed by atoms with Crippen molar-refractivity contribution >= 4 is 38.4 Å². The van der Waals surface area contributed by atoms with E-state index in [2.05, 4.69) is 4.99 Å². The second-order valence-corrected chi connectivity index (χ2v) is 10.5. The number of ether oxygens (including phenoxy) is 3. The first kappa shape index (κ1) is 19.3. The lowest BCUT2D eigenvalue weighted by atomic mass is 10.2. The Morgan fingerprint density at radius 1 is 1.13 bits per heavy atom. The van der Waals surface area contributed by atoms with Gasteiger partial charge in [-0.1, -0.05) is 11.8 Å². The van der Waals surface area contributed by atoms with Crippen LogP contribution < -0.4 is 19.1 Å². The molecule has 30 heavy (non-hydrogen) atoms. The Labute approximate surface area is 177 Å². The molecule has 8 nitrogen and oxygen atoms in total. The topological polar surface area (TPSA) is 94.5 Å². The standard InChI is InChI=1S/C20H18N2O6S2/c1-26-14-5-2-12(3-6-14)19(23)21-20-22(15-9-30(24,25)10-18(15)29-20)13-4-7-16-17(8-13)28-11-27-16/h2-8,15,18H,9-11H2,1H3/t15-,18-/m1/s1. The van der Waals surface area contributed by atoms with Crippen molar-refractivity contribution < 1.29 is 27.4 Å². The number of carbonyl (C=O) groups excluding carboxylic acids is 1. The molecule has 0 aliphatic carbocycles. The van der Waals surface area contributed by atoms with Gasteiger partial charge in [-0.05, 0) is 36.4 Å². The number of amidine groups is 1. The molecule has 0 spiro atoms. The quantitative estimate of drug-likeness (QED) is 0.709. The molecule has 0 radical (unpaired) electrons. The number of rotatable bonds is 3. The van der Waals surface area contributed by atoms with E-state index in [1.165, 1.54) is 11.8 Å². The van der Waals surface area contributed by atoms with Crippen molar-refractivity contribution in [2.24, 2.45) is 4.99 Å². The number of anilines is 1. The summed E-state index contributed by atoms with van der Waals surface area (Å²) in [6, 6.07) is 11.8. The number of aliphatic imine (C=N–C) groups is 1. The van der Waals surface area contributed by atoms with Crippen molar-refractivity contribution in [3.05, 3.63) is 48.0 Å². The van der Waals surface area contributed by atoms with Gasteiger partial charge in [-0.15, -0.1) is 0 Å². The van der Waals surface area contributed by atoms with Gasteiger partial charge in [-0.3, -0.25) is 4.79 Å². The van der Waals surface area contributed by atoms with Gasteiger partial charge in [0.1, 0.15) is 5.75 Å². The molecule has 2 aromatic rings. The minimum atomic E-state index is -3.14. The van der Waals surface area contributed by atoms with Crippen LogP contribution >= 0.6 is 11.8 Å². The van der Waals surface area contributed by atoms with E-state index in [0.717, 1.165) is 5.69 Å². The average Bonchev–Trinajstić information content (AvgIpc) is 3.39. The van der Waals surface area contributed by atoms with Gasteiger partial charge in [0.05, 0.1) is 24.7 Å². The van der Waals surface area contributed by atoms with Gasteiger partial charge in [-0.25, -0.2) is 8.42 Å². The summed E-state index contributed by atoms with van der Waals surface area (Å²) in [7, 11) is -1.58. The minimum Gasteiger partial charge on any atom is -0.497 e. The highest BCUT2D eigenvalue weighted by Crippen LogP contribution is 2.44. The maximum absolute atomic E-state index is 12.8. The fourth-order valence-electron chi connectivity index (χ4n) is 3.79. The monoisotopic (exact) mass is 446 g/mol. The van der Waals surface area contributed by atoms with Crippen LogP contribution in [0.15, 0.2) is 47.5 Å². The van der Waals surface area contributed by atoms with Crippen LogP contribution in [0.25, 0.3) is 0 Å². The molecule has 3 aliphatic rings. The van der Waals surface area contributed by atoms with E-state index in [-0.39, 0.29) is 29.6 Å². The van der Waals surface area contributed by atoms with Gasteiger partial charge in [0.25, 0.3) is 5.91 Å². The number of fused-ring (bicyclic) bond motifs is 2. The number of nitrogens with zero attached hydrogens (tertiary/aromatic N) is 2. The average molecular weight is 447 g/mol. The molecule has 10 heteroatoms. The van der Waals surface area contributed by atoms with Crippen molar-refractivity contribution in [2.75, 3.05) is 30.3 Å². The molecular weight excluding hydrogens is 428 g/mol. The Kier molecular flexibility index (Phi) is 4.62. The van der Waals surface area contributed by atoms with Crippen LogP contribution in [0.4, 0.5) is 5.69 Å². The summed E-state index contributed by atoms with van der Waals surface area (Å²) < 4.78 is 40.4. The summed E-state index contributed by atoms with van der Waals surface area (Å²) in [4.78, 5) is 19.0. The normalized spacial score (nSPS) is 24.8. The van der Waals surface area contributed by atoms with Crippen LogP contribution in [0, 0.1) is 0 Å². The van der Waals surface area contributed by atoms with Crippen molar-refractivity contribution in [3.8, 4) is 17.2 Å². The zero-order valence-electron chi connectivity index (χ0n) is 16.0. The van der Waals surface area contributed by atoms with Crippen molar-refractivity contribution in [3.63, 3.8) is 0 Å². The zero-order chi connectivity index (χ0) is 20.9. The number of amides is 1. The first-order chi connectivity index (χ1) is 14.4. The molecule has 0 saturated carbocycles. The second kappa shape index (κ2) is 7.21. The lowest BCUT2D eigenvalue weighted by Gasteiger charge is -2.24. The largest absolute Gasteiger partial charge is 0.497 e. The maximum Gasteiger partial charge on any atom is 0.279 e.